The molecule has 0 radical (unpaired) electrons. The minimum atomic E-state index is -3.45. The van der Waals surface area contributed by atoms with E-state index < -0.39 is 14.9 Å². The number of nitrogens with one attached hydrogen (secondary N) is 2. The lowest BCUT2D eigenvalue weighted by molar-refractivity contribution is -0.384. The van der Waals surface area contributed by atoms with Gasteiger partial charge in [0.15, 0.2) is 0 Å². The first kappa shape index (κ1) is 15.9. The summed E-state index contributed by atoms with van der Waals surface area (Å²) in [5.41, 5.74) is 0.491. The van der Waals surface area contributed by atoms with E-state index in [0.29, 0.717) is 5.56 Å². The summed E-state index contributed by atoms with van der Waals surface area (Å²) >= 11 is 0. The summed E-state index contributed by atoms with van der Waals surface area (Å²) in [5, 5.41) is 13.8. The fraction of sp³-hybridized carbons (Fsp3) is 0.538. The second kappa shape index (κ2) is 6.50. The van der Waals surface area contributed by atoms with E-state index in [1.807, 2.05) is 6.92 Å². The molecule has 7 nitrogen and oxygen atoms in total. The lowest BCUT2D eigenvalue weighted by atomic mass is 9.97. The Morgan fingerprint density at radius 3 is 2.62 bits per heavy atom. The molecular weight excluding hydrogens is 294 g/mol. The highest BCUT2D eigenvalue weighted by atomic mass is 32.2. The zero-order valence-corrected chi connectivity index (χ0v) is 12.6. The average molecular weight is 313 g/mol. The minimum absolute atomic E-state index is 0.0453. The minimum Gasteiger partial charge on any atom is -0.316 e. The number of non-ortho nitro benzene ring substituents is 1. The summed E-state index contributed by atoms with van der Waals surface area (Å²) in [6.45, 7) is 3.60. The van der Waals surface area contributed by atoms with Crippen LogP contribution in [0, 0.1) is 16.0 Å². The highest BCUT2D eigenvalue weighted by Gasteiger charge is 2.25. The summed E-state index contributed by atoms with van der Waals surface area (Å²) in [4.78, 5) is 10.1. The van der Waals surface area contributed by atoms with Crippen LogP contribution in [-0.4, -0.2) is 32.5 Å². The second-order valence-electron chi connectivity index (χ2n) is 5.38. The third-order valence-corrected chi connectivity index (χ3v) is 5.00. The van der Waals surface area contributed by atoms with Gasteiger partial charge in [-0.05, 0) is 31.0 Å². The smallest absolute Gasteiger partial charge is 0.269 e. The zero-order chi connectivity index (χ0) is 15.5. The molecule has 8 heteroatoms. The van der Waals surface area contributed by atoms with Crippen molar-refractivity contribution < 1.29 is 13.3 Å². The largest absolute Gasteiger partial charge is 0.316 e. The molecular formula is C13H19N3O4S. The van der Waals surface area contributed by atoms with Gasteiger partial charge in [0, 0.05) is 18.2 Å². The van der Waals surface area contributed by atoms with E-state index in [9.17, 15) is 18.5 Å². The maximum atomic E-state index is 12.2. The van der Waals surface area contributed by atoms with E-state index in [1.165, 1.54) is 24.3 Å². The molecule has 1 aliphatic heterocycles. The molecule has 1 aromatic carbocycles. The Balaban J connectivity index is 2.01. The highest BCUT2D eigenvalue weighted by Crippen LogP contribution is 2.16. The number of hydrogen-bond acceptors (Lipinski definition) is 5. The number of rotatable bonds is 5. The third kappa shape index (κ3) is 4.48. The van der Waals surface area contributed by atoms with Gasteiger partial charge in [0.1, 0.15) is 0 Å². The molecule has 2 rings (SSSR count). The Bertz CT molecular complexity index is 600. The number of nitro benzene ring substituents is 1. The molecule has 0 spiro atoms. The first-order valence-corrected chi connectivity index (χ1v) is 8.47. The normalized spacial score (nSPS) is 22.9. The van der Waals surface area contributed by atoms with Crippen LogP contribution >= 0.6 is 0 Å². The molecule has 0 saturated carbocycles. The van der Waals surface area contributed by atoms with Gasteiger partial charge in [0.2, 0.25) is 10.0 Å². The monoisotopic (exact) mass is 313 g/mol. The molecule has 116 valence electrons. The Morgan fingerprint density at radius 1 is 1.38 bits per heavy atom. The predicted molar refractivity (Wildman–Crippen MR) is 79.3 cm³/mol. The van der Waals surface area contributed by atoms with Crippen LogP contribution in [0.25, 0.3) is 0 Å². The van der Waals surface area contributed by atoms with Crippen LogP contribution < -0.4 is 10.0 Å². The summed E-state index contributed by atoms with van der Waals surface area (Å²) < 4.78 is 27.1. The Kier molecular flexibility index (Phi) is 4.92. The quantitative estimate of drug-likeness (QED) is 0.624. The van der Waals surface area contributed by atoms with Crippen molar-refractivity contribution in [1.29, 1.82) is 0 Å². The van der Waals surface area contributed by atoms with Gasteiger partial charge in [0.05, 0.1) is 10.7 Å². The van der Waals surface area contributed by atoms with Crippen molar-refractivity contribution >= 4 is 15.7 Å². The van der Waals surface area contributed by atoms with Gasteiger partial charge in [-0.15, -0.1) is 0 Å². The van der Waals surface area contributed by atoms with Crippen molar-refractivity contribution in [2.75, 3.05) is 13.1 Å². The summed E-state index contributed by atoms with van der Waals surface area (Å²) in [6, 6.07) is 5.52. The van der Waals surface area contributed by atoms with Crippen LogP contribution in [0.15, 0.2) is 24.3 Å². The van der Waals surface area contributed by atoms with Crippen molar-refractivity contribution in [3.63, 3.8) is 0 Å². The van der Waals surface area contributed by atoms with Gasteiger partial charge in [-0.2, -0.15) is 0 Å². The van der Waals surface area contributed by atoms with Crippen LogP contribution in [0.3, 0.4) is 0 Å². The maximum Gasteiger partial charge on any atom is 0.269 e. The lowest BCUT2D eigenvalue weighted by Gasteiger charge is -2.29. The number of nitro groups is 1. The molecule has 0 amide bonds. The van der Waals surface area contributed by atoms with Gasteiger partial charge >= 0.3 is 0 Å². The molecule has 2 atom stereocenters. The second-order valence-corrected chi connectivity index (χ2v) is 7.13. The standard InChI is InChI=1S/C13H19N3O4S/c1-10-8-14-7-6-13(10)15-21(19,20)9-11-2-4-12(5-3-11)16(17)18/h2-5,10,13-15H,6-9H2,1H3. The van der Waals surface area contributed by atoms with E-state index in [4.69, 9.17) is 0 Å². The fourth-order valence-electron chi connectivity index (χ4n) is 2.39. The van der Waals surface area contributed by atoms with Crippen molar-refractivity contribution in [2.24, 2.45) is 5.92 Å². The number of benzene rings is 1. The molecule has 1 saturated heterocycles. The molecule has 0 aromatic heterocycles. The summed E-state index contributed by atoms with van der Waals surface area (Å²) in [6.07, 6.45) is 0.765. The van der Waals surface area contributed by atoms with Gasteiger partial charge in [0.25, 0.3) is 5.69 Å². The van der Waals surface area contributed by atoms with Gasteiger partial charge in [-0.25, -0.2) is 13.1 Å². The molecule has 0 aliphatic carbocycles. The molecule has 1 fully saturated rings. The topological polar surface area (TPSA) is 101 Å². The van der Waals surface area contributed by atoms with Crippen molar-refractivity contribution in [3.05, 3.63) is 39.9 Å². The molecule has 21 heavy (non-hydrogen) atoms. The maximum absolute atomic E-state index is 12.2. The van der Waals surface area contributed by atoms with E-state index >= 15 is 0 Å². The molecule has 2 unspecified atom stereocenters. The van der Waals surface area contributed by atoms with Crippen molar-refractivity contribution in [1.82, 2.24) is 10.0 Å². The van der Waals surface area contributed by atoms with Crippen LogP contribution in [0.4, 0.5) is 5.69 Å². The zero-order valence-electron chi connectivity index (χ0n) is 11.8. The van der Waals surface area contributed by atoms with E-state index in [2.05, 4.69) is 10.0 Å². The molecule has 0 bridgehead atoms. The van der Waals surface area contributed by atoms with Gasteiger partial charge in [-0.1, -0.05) is 19.1 Å². The summed E-state index contributed by atoms with van der Waals surface area (Å²) in [5.74, 6) is 0.0761. The first-order valence-electron chi connectivity index (χ1n) is 6.81. The Morgan fingerprint density at radius 2 is 2.05 bits per heavy atom. The number of hydrogen-bond donors (Lipinski definition) is 2. The Labute approximate surface area is 123 Å². The SMILES string of the molecule is CC1CNCCC1NS(=O)(=O)Cc1ccc([N+](=O)[O-])cc1. The molecule has 1 heterocycles. The molecule has 2 N–H and O–H groups in total. The number of piperidine rings is 1. The van der Waals surface area contributed by atoms with Crippen LogP contribution in [0.2, 0.25) is 0 Å². The first-order chi connectivity index (χ1) is 9.87. The van der Waals surface area contributed by atoms with Crippen LogP contribution in [0.5, 0.6) is 0 Å². The lowest BCUT2D eigenvalue weighted by Crippen LogP contribution is -2.48. The number of sulfonamides is 1. The van der Waals surface area contributed by atoms with E-state index in [-0.39, 0.29) is 23.4 Å². The Hall–Kier alpha value is -1.51. The van der Waals surface area contributed by atoms with Gasteiger partial charge < -0.3 is 5.32 Å². The molecule has 1 aromatic rings. The number of nitrogens with zero attached hydrogens (tertiary/aromatic N) is 1. The predicted octanol–water partition coefficient (Wildman–Crippen LogP) is 1.01. The van der Waals surface area contributed by atoms with E-state index in [1.54, 1.807) is 0 Å². The van der Waals surface area contributed by atoms with Crippen molar-refractivity contribution in [3.8, 4) is 0 Å². The van der Waals surface area contributed by atoms with E-state index in [0.717, 1.165) is 19.5 Å². The fourth-order valence-corrected chi connectivity index (χ4v) is 3.92. The highest BCUT2D eigenvalue weighted by molar-refractivity contribution is 7.88. The van der Waals surface area contributed by atoms with Crippen molar-refractivity contribution in [2.45, 2.75) is 25.1 Å². The summed E-state index contributed by atoms with van der Waals surface area (Å²) in [7, 11) is -3.45. The van der Waals surface area contributed by atoms with Crippen LogP contribution in [0.1, 0.15) is 18.9 Å². The third-order valence-electron chi connectivity index (χ3n) is 3.62. The van der Waals surface area contributed by atoms with Gasteiger partial charge in [-0.3, -0.25) is 10.1 Å². The van der Waals surface area contributed by atoms with Crippen LogP contribution in [-0.2, 0) is 15.8 Å². The average Bonchev–Trinajstić information content (AvgIpc) is 2.41. The molecule has 1 aliphatic rings.